The molecule has 2 heterocycles. The summed E-state index contributed by atoms with van der Waals surface area (Å²) in [6, 6.07) is 7.66. The van der Waals surface area contributed by atoms with Crippen molar-refractivity contribution in [2.45, 2.75) is 45.1 Å². The monoisotopic (exact) mass is 354 g/mol. The molecule has 0 radical (unpaired) electrons. The molecule has 1 aromatic heterocycles. The number of nitrogens with zero attached hydrogens (tertiary/aromatic N) is 2. The maximum atomic E-state index is 2.81. The molecule has 1 aliphatic carbocycles. The molecule has 1 aromatic carbocycles. The number of piperidine rings is 1. The predicted molar refractivity (Wildman–Crippen MR) is 112 cm³/mol. The zero-order valence-corrected chi connectivity index (χ0v) is 16.6. The highest BCUT2D eigenvalue weighted by atomic mass is 32.2. The van der Waals surface area contributed by atoms with Gasteiger partial charge in [0.2, 0.25) is 0 Å². The molecule has 1 saturated heterocycles. The molecule has 1 aliphatic heterocycles. The topological polar surface area (TPSA) is 8.17 Å². The van der Waals surface area contributed by atoms with Gasteiger partial charge in [-0.15, -0.1) is 0 Å². The van der Waals surface area contributed by atoms with Crippen LogP contribution >= 0.6 is 11.8 Å². The fraction of sp³-hybridized carbons (Fsp3) is 0.545. The lowest BCUT2D eigenvalue weighted by Gasteiger charge is -2.47. The van der Waals surface area contributed by atoms with Crippen LogP contribution in [0, 0.1) is 5.92 Å². The Balaban J connectivity index is 1.79. The maximum Gasteiger partial charge on any atom is 0.0527 e. The number of rotatable bonds is 5. The van der Waals surface area contributed by atoms with Crippen molar-refractivity contribution in [3.8, 4) is 0 Å². The van der Waals surface area contributed by atoms with Gasteiger partial charge >= 0.3 is 0 Å². The number of likely N-dealkylation sites (tertiary alicyclic amines) is 1. The van der Waals surface area contributed by atoms with E-state index in [0.717, 1.165) is 5.92 Å². The molecular weight excluding hydrogens is 324 g/mol. The summed E-state index contributed by atoms with van der Waals surface area (Å²) in [6.07, 6.45) is 12.8. The van der Waals surface area contributed by atoms with Gasteiger partial charge in [0.05, 0.1) is 5.52 Å². The average Bonchev–Trinajstić information content (AvgIpc) is 2.96. The molecule has 0 spiro atoms. The lowest BCUT2D eigenvalue weighted by Crippen LogP contribution is -2.50. The summed E-state index contributed by atoms with van der Waals surface area (Å²) < 4.78 is 2.33. The molecule has 134 valence electrons. The van der Waals surface area contributed by atoms with Gasteiger partial charge in [-0.2, -0.15) is 11.8 Å². The van der Waals surface area contributed by atoms with Gasteiger partial charge in [-0.25, -0.2) is 0 Å². The number of aromatic nitrogens is 1. The molecular formula is C22H30N2S. The van der Waals surface area contributed by atoms with Crippen LogP contribution < -0.4 is 0 Å². The Labute approximate surface area is 156 Å². The van der Waals surface area contributed by atoms with Crippen molar-refractivity contribution in [3.05, 3.63) is 41.6 Å². The molecule has 3 atom stereocenters. The Morgan fingerprint density at radius 2 is 2.20 bits per heavy atom. The van der Waals surface area contributed by atoms with Gasteiger partial charge < -0.3 is 4.57 Å². The first-order valence-electron chi connectivity index (χ1n) is 9.74. The molecule has 2 nitrogen and oxygen atoms in total. The first-order chi connectivity index (χ1) is 12.3. The van der Waals surface area contributed by atoms with E-state index in [-0.39, 0.29) is 0 Å². The third-order valence-electron chi connectivity index (χ3n) is 6.03. The van der Waals surface area contributed by atoms with Gasteiger partial charge in [0.15, 0.2) is 0 Å². The SMILES string of the molecule is CC=Cn1cc2c3c(cccc31)C1C[C@@H](CSC)CN(CCC)[C@@H]1C2. The van der Waals surface area contributed by atoms with Crippen molar-refractivity contribution in [3.63, 3.8) is 0 Å². The summed E-state index contributed by atoms with van der Waals surface area (Å²) in [4.78, 5) is 2.81. The van der Waals surface area contributed by atoms with Crippen LogP contribution in [0.15, 0.2) is 30.5 Å². The van der Waals surface area contributed by atoms with Crippen molar-refractivity contribution in [2.24, 2.45) is 5.92 Å². The largest absolute Gasteiger partial charge is 0.323 e. The molecule has 0 N–H and O–H groups in total. The first kappa shape index (κ1) is 17.2. The smallest absolute Gasteiger partial charge is 0.0527 e. The maximum absolute atomic E-state index is 2.81. The van der Waals surface area contributed by atoms with Crippen molar-refractivity contribution >= 4 is 28.9 Å². The number of benzene rings is 1. The number of fused-ring (bicyclic) bond motifs is 2. The van der Waals surface area contributed by atoms with E-state index >= 15 is 0 Å². The van der Waals surface area contributed by atoms with E-state index in [1.165, 1.54) is 43.6 Å². The number of allylic oxidation sites excluding steroid dienone is 1. The van der Waals surface area contributed by atoms with Crippen molar-refractivity contribution < 1.29 is 0 Å². The Hall–Kier alpha value is -1.19. The van der Waals surface area contributed by atoms with Crippen LogP contribution in [0.5, 0.6) is 0 Å². The van der Waals surface area contributed by atoms with Gasteiger partial charge in [-0.05, 0) is 67.9 Å². The van der Waals surface area contributed by atoms with Gasteiger partial charge in [0.25, 0.3) is 0 Å². The number of thioether (sulfide) groups is 1. The van der Waals surface area contributed by atoms with Crippen LogP contribution in [0.1, 0.15) is 43.7 Å². The first-order valence-corrected chi connectivity index (χ1v) is 11.1. The van der Waals surface area contributed by atoms with Crippen LogP contribution in [0.3, 0.4) is 0 Å². The molecule has 1 unspecified atom stereocenters. The van der Waals surface area contributed by atoms with Gasteiger partial charge in [-0.1, -0.05) is 25.1 Å². The summed E-state index contributed by atoms with van der Waals surface area (Å²) in [5, 5.41) is 1.54. The Bertz CT molecular complexity index is 776. The second-order valence-electron chi connectivity index (χ2n) is 7.72. The van der Waals surface area contributed by atoms with Gasteiger partial charge in [0.1, 0.15) is 0 Å². The zero-order valence-electron chi connectivity index (χ0n) is 15.7. The van der Waals surface area contributed by atoms with Crippen molar-refractivity contribution in [1.29, 1.82) is 0 Å². The summed E-state index contributed by atoms with van der Waals surface area (Å²) in [5.41, 5.74) is 4.55. The summed E-state index contributed by atoms with van der Waals surface area (Å²) in [6.45, 7) is 6.96. The van der Waals surface area contributed by atoms with E-state index in [0.29, 0.717) is 12.0 Å². The molecule has 2 aromatic rings. The Morgan fingerprint density at radius 1 is 1.32 bits per heavy atom. The normalized spacial score (nSPS) is 26.4. The minimum Gasteiger partial charge on any atom is -0.323 e. The molecule has 3 heteroatoms. The lowest BCUT2D eigenvalue weighted by molar-refractivity contribution is 0.0926. The second-order valence-corrected chi connectivity index (χ2v) is 8.63. The van der Waals surface area contributed by atoms with E-state index in [4.69, 9.17) is 0 Å². The minimum absolute atomic E-state index is 0.692. The fourth-order valence-corrected chi connectivity index (χ4v) is 5.93. The van der Waals surface area contributed by atoms with E-state index in [1.54, 1.807) is 16.5 Å². The summed E-state index contributed by atoms with van der Waals surface area (Å²) >= 11 is 2.02. The van der Waals surface area contributed by atoms with Crippen LogP contribution in [0.2, 0.25) is 0 Å². The van der Waals surface area contributed by atoms with Gasteiger partial charge in [-0.3, -0.25) is 4.90 Å². The van der Waals surface area contributed by atoms with Crippen LogP contribution in [0.4, 0.5) is 0 Å². The molecule has 2 aliphatic rings. The molecule has 1 fully saturated rings. The summed E-state index contributed by atoms with van der Waals surface area (Å²) in [7, 11) is 0. The lowest BCUT2D eigenvalue weighted by atomic mass is 9.72. The fourth-order valence-electron chi connectivity index (χ4n) is 5.22. The molecule has 0 saturated carbocycles. The quantitative estimate of drug-likeness (QED) is 0.726. The highest BCUT2D eigenvalue weighted by Crippen LogP contribution is 2.45. The molecule has 0 amide bonds. The summed E-state index contributed by atoms with van der Waals surface area (Å²) in [5.74, 6) is 2.83. The van der Waals surface area contributed by atoms with Gasteiger partial charge in [0, 0.05) is 36.3 Å². The molecule has 4 rings (SSSR count). The minimum atomic E-state index is 0.692. The van der Waals surface area contributed by atoms with E-state index < -0.39 is 0 Å². The van der Waals surface area contributed by atoms with Crippen LogP contribution in [-0.2, 0) is 6.42 Å². The van der Waals surface area contributed by atoms with Crippen molar-refractivity contribution in [1.82, 2.24) is 9.47 Å². The standard InChI is InChI=1S/C22H30N2S/c1-4-9-23-13-16(15-25-3)11-19-18-7-6-8-20-22(18)17(12-21(19)23)14-24(20)10-5-2/h5-8,10,14,16,19,21H,4,9,11-13,15H2,1-3H3/t16-,19?,21-/m1/s1. The Kier molecular flexibility index (Phi) is 4.97. The molecule has 25 heavy (non-hydrogen) atoms. The highest BCUT2D eigenvalue weighted by Gasteiger charge is 2.40. The third kappa shape index (κ3) is 2.96. The zero-order chi connectivity index (χ0) is 17.4. The number of hydrogen-bond donors (Lipinski definition) is 0. The van der Waals surface area contributed by atoms with Crippen LogP contribution in [0.25, 0.3) is 17.1 Å². The third-order valence-corrected chi connectivity index (χ3v) is 6.84. The average molecular weight is 355 g/mol. The van der Waals surface area contributed by atoms with E-state index in [1.807, 2.05) is 11.8 Å². The van der Waals surface area contributed by atoms with E-state index in [2.05, 4.69) is 66.2 Å². The highest BCUT2D eigenvalue weighted by molar-refractivity contribution is 7.98. The van der Waals surface area contributed by atoms with Crippen molar-refractivity contribution in [2.75, 3.05) is 25.1 Å². The van der Waals surface area contributed by atoms with E-state index in [9.17, 15) is 0 Å². The Morgan fingerprint density at radius 3 is 2.96 bits per heavy atom. The van der Waals surface area contributed by atoms with Crippen LogP contribution in [-0.4, -0.2) is 40.6 Å². The second kappa shape index (κ2) is 7.20. The number of hydrogen-bond acceptors (Lipinski definition) is 2. The molecule has 0 bridgehead atoms. The predicted octanol–water partition coefficient (Wildman–Crippen LogP) is 5.24.